The van der Waals surface area contributed by atoms with Crippen LogP contribution in [0.5, 0.6) is 0 Å². The molecule has 2 heteroatoms. The number of furan rings is 1. The number of benzene rings is 1. The number of hydrogen-bond donors (Lipinski definition) is 1. The molecular weight excluding hydrogens is 176 g/mol. The van der Waals surface area contributed by atoms with Gasteiger partial charge in [0, 0.05) is 10.9 Å². The molecule has 14 heavy (non-hydrogen) atoms. The number of rotatable bonds is 2. The fraction of sp³-hybridized carbons (Fsp3) is 0.167. The van der Waals surface area contributed by atoms with Gasteiger partial charge in [-0.3, -0.25) is 0 Å². The number of para-hydroxylation sites is 1. The molecule has 1 atom stereocenters. The highest BCUT2D eigenvalue weighted by Crippen LogP contribution is 2.29. The van der Waals surface area contributed by atoms with Crippen LogP contribution >= 0.6 is 0 Å². The highest BCUT2D eigenvalue weighted by Gasteiger charge is 2.14. The molecule has 0 spiro atoms. The summed E-state index contributed by atoms with van der Waals surface area (Å²) in [5, 5.41) is 10.8. The predicted octanol–water partition coefficient (Wildman–Crippen LogP) is 3.04. The van der Waals surface area contributed by atoms with Crippen molar-refractivity contribution < 1.29 is 9.52 Å². The van der Waals surface area contributed by atoms with E-state index >= 15 is 0 Å². The molecule has 1 aromatic heterocycles. The van der Waals surface area contributed by atoms with Crippen LogP contribution < -0.4 is 0 Å². The van der Waals surface area contributed by atoms with Crippen LogP contribution in [0.15, 0.2) is 47.1 Å². The molecule has 1 aromatic carbocycles. The lowest BCUT2D eigenvalue weighted by molar-refractivity contribution is 0.216. The van der Waals surface area contributed by atoms with Crippen LogP contribution in [0.1, 0.15) is 18.6 Å². The van der Waals surface area contributed by atoms with E-state index in [4.69, 9.17) is 4.42 Å². The summed E-state index contributed by atoms with van der Waals surface area (Å²) in [6, 6.07) is 7.64. The average molecular weight is 188 g/mol. The van der Waals surface area contributed by atoms with Crippen LogP contribution in [0.25, 0.3) is 11.0 Å². The molecule has 0 saturated heterocycles. The zero-order valence-corrected chi connectivity index (χ0v) is 8.03. The van der Waals surface area contributed by atoms with Crippen LogP contribution in [-0.2, 0) is 0 Å². The van der Waals surface area contributed by atoms with E-state index in [1.165, 1.54) is 0 Å². The maximum Gasteiger partial charge on any atom is 0.134 e. The van der Waals surface area contributed by atoms with Gasteiger partial charge in [0.1, 0.15) is 11.7 Å². The van der Waals surface area contributed by atoms with Gasteiger partial charge in [0.25, 0.3) is 0 Å². The maximum atomic E-state index is 9.83. The molecule has 2 rings (SSSR count). The standard InChI is InChI=1S/C12H12O2/c1-8(2)12(13)10-7-14-11-6-4-3-5-9(10)11/h3-7,12-13H,1H2,2H3. The molecule has 0 amide bonds. The molecule has 0 aliphatic heterocycles. The van der Waals surface area contributed by atoms with Crippen LogP contribution in [-0.4, -0.2) is 5.11 Å². The molecular formula is C12H12O2. The van der Waals surface area contributed by atoms with E-state index in [0.29, 0.717) is 0 Å². The van der Waals surface area contributed by atoms with Crippen LogP contribution in [0.3, 0.4) is 0 Å². The first kappa shape index (κ1) is 9.03. The molecule has 72 valence electrons. The third-order valence-electron chi connectivity index (χ3n) is 2.27. The number of hydrogen-bond acceptors (Lipinski definition) is 2. The molecule has 0 aliphatic rings. The van der Waals surface area contributed by atoms with Gasteiger partial charge < -0.3 is 9.52 Å². The van der Waals surface area contributed by atoms with Gasteiger partial charge in [-0.25, -0.2) is 0 Å². The molecule has 0 aliphatic carbocycles. The second kappa shape index (κ2) is 3.31. The first-order chi connectivity index (χ1) is 6.70. The van der Waals surface area contributed by atoms with Gasteiger partial charge in [-0.15, -0.1) is 0 Å². The van der Waals surface area contributed by atoms with Crippen molar-refractivity contribution >= 4 is 11.0 Å². The van der Waals surface area contributed by atoms with Gasteiger partial charge in [-0.2, -0.15) is 0 Å². The minimum atomic E-state index is -0.640. The summed E-state index contributed by atoms with van der Waals surface area (Å²) in [7, 11) is 0. The Morgan fingerprint density at radius 1 is 1.43 bits per heavy atom. The molecule has 0 radical (unpaired) electrons. The van der Waals surface area contributed by atoms with Gasteiger partial charge in [-0.05, 0) is 18.6 Å². The van der Waals surface area contributed by atoms with Gasteiger partial charge in [0.15, 0.2) is 0 Å². The predicted molar refractivity (Wildman–Crippen MR) is 56.0 cm³/mol. The fourth-order valence-corrected chi connectivity index (χ4v) is 1.48. The molecule has 1 N–H and O–H groups in total. The summed E-state index contributed by atoms with van der Waals surface area (Å²) < 4.78 is 5.32. The number of aliphatic hydroxyl groups excluding tert-OH is 1. The Kier molecular flexibility index (Phi) is 2.14. The highest BCUT2D eigenvalue weighted by atomic mass is 16.3. The van der Waals surface area contributed by atoms with E-state index in [0.717, 1.165) is 22.1 Å². The van der Waals surface area contributed by atoms with E-state index in [-0.39, 0.29) is 0 Å². The Morgan fingerprint density at radius 2 is 2.14 bits per heavy atom. The second-order valence-electron chi connectivity index (χ2n) is 3.44. The summed E-state index contributed by atoms with van der Waals surface area (Å²) >= 11 is 0. The van der Waals surface area contributed by atoms with E-state index in [9.17, 15) is 5.11 Å². The Bertz CT molecular complexity index is 468. The van der Waals surface area contributed by atoms with Crippen LogP contribution in [0.2, 0.25) is 0 Å². The van der Waals surface area contributed by atoms with E-state index in [1.807, 2.05) is 24.3 Å². The molecule has 0 bridgehead atoms. The quantitative estimate of drug-likeness (QED) is 0.735. The monoisotopic (exact) mass is 188 g/mol. The number of fused-ring (bicyclic) bond motifs is 1. The molecule has 0 fully saturated rings. The topological polar surface area (TPSA) is 33.4 Å². The SMILES string of the molecule is C=C(C)C(O)c1coc2ccccc12. The minimum Gasteiger partial charge on any atom is -0.464 e. The second-order valence-corrected chi connectivity index (χ2v) is 3.44. The zero-order chi connectivity index (χ0) is 10.1. The van der Waals surface area contributed by atoms with Crippen molar-refractivity contribution in [1.82, 2.24) is 0 Å². The van der Waals surface area contributed by atoms with Crippen molar-refractivity contribution in [3.63, 3.8) is 0 Å². The zero-order valence-electron chi connectivity index (χ0n) is 8.03. The van der Waals surface area contributed by atoms with E-state index in [1.54, 1.807) is 13.2 Å². The molecule has 2 aromatic rings. The van der Waals surface area contributed by atoms with Gasteiger partial charge in [-0.1, -0.05) is 24.8 Å². The highest BCUT2D eigenvalue weighted by molar-refractivity contribution is 5.81. The largest absolute Gasteiger partial charge is 0.464 e. The fourth-order valence-electron chi connectivity index (χ4n) is 1.48. The van der Waals surface area contributed by atoms with Gasteiger partial charge in [0.2, 0.25) is 0 Å². The first-order valence-corrected chi connectivity index (χ1v) is 4.49. The average Bonchev–Trinajstić information content (AvgIpc) is 2.60. The van der Waals surface area contributed by atoms with Crippen molar-refractivity contribution in [2.75, 3.05) is 0 Å². The third-order valence-corrected chi connectivity index (χ3v) is 2.27. The Hall–Kier alpha value is -1.54. The van der Waals surface area contributed by atoms with Crippen molar-refractivity contribution in [3.05, 3.63) is 48.2 Å². The number of aliphatic hydroxyl groups is 1. The normalized spacial score (nSPS) is 13.0. The molecule has 2 nitrogen and oxygen atoms in total. The molecule has 1 heterocycles. The Labute approximate surface area is 82.5 Å². The summed E-state index contributed by atoms with van der Waals surface area (Å²) in [5.74, 6) is 0. The lowest BCUT2D eigenvalue weighted by Gasteiger charge is -2.07. The summed E-state index contributed by atoms with van der Waals surface area (Å²) in [5.41, 5.74) is 2.30. The smallest absolute Gasteiger partial charge is 0.134 e. The van der Waals surface area contributed by atoms with Gasteiger partial charge >= 0.3 is 0 Å². The third kappa shape index (κ3) is 1.34. The summed E-state index contributed by atoms with van der Waals surface area (Å²) in [6.45, 7) is 5.52. The Morgan fingerprint density at radius 3 is 2.86 bits per heavy atom. The Balaban J connectivity index is 2.58. The van der Waals surface area contributed by atoms with Crippen molar-refractivity contribution in [2.24, 2.45) is 0 Å². The molecule has 1 unspecified atom stereocenters. The summed E-state index contributed by atoms with van der Waals surface area (Å²) in [4.78, 5) is 0. The summed E-state index contributed by atoms with van der Waals surface area (Å²) in [6.07, 6.45) is 0.947. The van der Waals surface area contributed by atoms with E-state index in [2.05, 4.69) is 6.58 Å². The lowest BCUT2D eigenvalue weighted by Crippen LogP contribution is -1.95. The minimum absolute atomic E-state index is 0.640. The maximum absolute atomic E-state index is 9.83. The molecule has 0 saturated carbocycles. The van der Waals surface area contributed by atoms with Crippen molar-refractivity contribution in [2.45, 2.75) is 13.0 Å². The van der Waals surface area contributed by atoms with Crippen molar-refractivity contribution in [1.29, 1.82) is 0 Å². The lowest BCUT2D eigenvalue weighted by atomic mass is 10.0. The van der Waals surface area contributed by atoms with Crippen LogP contribution in [0.4, 0.5) is 0 Å². The first-order valence-electron chi connectivity index (χ1n) is 4.49. The van der Waals surface area contributed by atoms with Crippen LogP contribution in [0, 0.1) is 0 Å². The van der Waals surface area contributed by atoms with Crippen molar-refractivity contribution in [3.8, 4) is 0 Å². The van der Waals surface area contributed by atoms with E-state index < -0.39 is 6.10 Å². The van der Waals surface area contributed by atoms with Gasteiger partial charge in [0.05, 0.1) is 6.26 Å².